The van der Waals surface area contributed by atoms with Crippen LogP contribution in [0.15, 0.2) is 18.2 Å². The van der Waals surface area contributed by atoms with E-state index in [-0.39, 0.29) is 11.9 Å². The molecule has 1 atom stereocenters. The van der Waals surface area contributed by atoms with Crippen molar-refractivity contribution in [1.82, 2.24) is 5.32 Å². The van der Waals surface area contributed by atoms with Crippen LogP contribution in [0.3, 0.4) is 0 Å². The van der Waals surface area contributed by atoms with E-state index in [9.17, 15) is 4.79 Å². The first-order valence-electron chi connectivity index (χ1n) is 6.25. The number of nitrogens with two attached hydrogens (primary N) is 1. The summed E-state index contributed by atoms with van der Waals surface area (Å²) in [5.74, 6) is 0.710. The number of carbonyl (C=O) groups is 1. The SMILES string of the molecule is COc1cccc2c1CCC2(N)C(=O)NC(C)C. The molecule has 1 aliphatic carbocycles. The third kappa shape index (κ3) is 1.97. The molecule has 2 rings (SSSR count). The maximum atomic E-state index is 12.3. The molecule has 18 heavy (non-hydrogen) atoms. The van der Waals surface area contributed by atoms with E-state index in [0.717, 1.165) is 23.3 Å². The zero-order valence-corrected chi connectivity index (χ0v) is 11.1. The number of ether oxygens (including phenoxy) is 1. The van der Waals surface area contributed by atoms with Crippen molar-refractivity contribution in [3.63, 3.8) is 0 Å². The number of amides is 1. The predicted octanol–water partition coefficient (Wildman–Crippen LogP) is 1.32. The van der Waals surface area contributed by atoms with E-state index in [1.807, 2.05) is 32.0 Å². The van der Waals surface area contributed by atoms with Crippen molar-refractivity contribution in [2.75, 3.05) is 7.11 Å². The summed E-state index contributed by atoms with van der Waals surface area (Å²) in [4.78, 5) is 12.3. The van der Waals surface area contributed by atoms with Gasteiger partial charge in [0.2, 0.25) is 5.91 Å². The molecule has 4 heteroatoms. The monoisotopic (exact) mass is 248 g/mol. The van der Waals surface area contributed by atoms with Gasteiger partial charge in [-0.1, -0.05) is 12.1 Å². The lowest BCUT2D eigenvalue weighted by Gasteiger charge is -2.25. The van der Waals surface area contributed by atoms with Gasteiger partial charge >= 0.3 is 0 Å². The summed E-state index contributed by atoms with van der Waals surface area (Å²) in [6.45, 7) is 3.87. The van der Waals surface area contributed by atoms with Gasteiger partial charge in [0.05, 0.1) is 7.11 Å². The molecular formula is C14H20N2O2. The first-order valence-corrected chi connectivity index (χ1v) is 6.25. The minimum absolute atomic E-state index is 0.0904. The summed E-state index contributed by atoms with van der Waals surface area (Å²) in [6.07, 6.45) is 1.41. The Balaban J connectivity index is 2.38. The fraction of sp³-hybridized carbons (Fsp3) is 0.500. The number of nitrogens with one attached hydrogen (secondary N) is 1. The van der Waals surface area contributed by atoms with Gasteiger partial charge in [0.25, 0.3) is 0 Å². The standard InChI is InChI=1S/C14H20N2O2/c1-9(2)16-13(17)14(15)8-7-10-11(14)5-4-6-12(10)18-3/h4-6,9H,7-8,15H2,1-3H3,(H,16,17). The molecule has 4 nitrogen and oxygen atoms in total. The summed E-state index contributed by atoms with van der Waals surface area (Å²) in [7, 11) is 1.64. The van der Waals surface area contributed by atoms with Crippen LogP contribution >= 0.6 is 0 Å². The van der Waals surface area contributed by atoms with E-state index in [0.29, 0.717) is 6.42 Å². The Morgan fingerprint density at radius 3 is 2.83 bits per heavy atom. The number of carbonyl (C=O) groups excluding carboxylic acids is 1. The van der Waals surface area contributed by atoms with Crippen molar-refractivity contribution in [3.05, 3.63) is 29.3 Å². The van der Waals surface area contributed by atoms with E-state index >= 15 is 0 Å². The Morgan fingerprint density at radius 2 is 2.22 bits per heavy atom. The second-order valence-corrected chi connectivity index (χ2v) is 5.09. The Morgan fingerprint density at radius 1 is 1.50 bits per heavy atom. The highest BCUT2D eigenvalue weighted by Gasteiger charge is 2.42. The normalized spacial score (nSPS) is 21.8. The van der Waals surface area contributed by atoms with Crippen LogP contribution in [0.2, 0.25) is 0 Å². The number of fused-ring (bicyclic) bond motifs is 1. The van der Waals surface area contributed by atoms with Crippen molar-refractivity contribution in [2.45, 2.75) is 38.3 Å². The fourth-order valence-corrected chi connectivity index (χ4v) is 2.52. The zero-order chi connectivity index (χ0) is 13.3. The summed E-state index contributed by atoms with van der Waals surface area (Å²) in [5, 5.41) is 2.90. The summed E-state index contributed by atoms with van der Waals surface area (Å²) >= 11 is 0. The van der Waals surface area contributed by atoms with E-state index < -0.39 is 5.54 Å². The van der Waals surface area contributed by atoms with Gasteiger partial charge in [0.1, 0.15) is 11.3 Å². The molecule has 0 bridgehead atoms. The molecule has 0 saturated carbocycles. The van der Waals surface area contributed by atoms with Crippen molar-refractivity contribution in [3.8, 4) is 5.75 Å². The van der Waals surface area contributed by atoms with Crippen LogP contribution in [0.1, 0.15) is 31.4 Å². The van der Waals surface area contributed by atoms with Crippen LogP contribution < -0.4 is 15.8 Å². The maximum Gasteiger partial charge on any atom is 0.244 e. The van der Waals surface area contributed by atoms with Gasteiger partial charge in [-0.25, -0.2) is 0 Å². The second-order valence-electron chi connectivity index (χ2n) is 5.09. The number of benzene rings is 1. The van der Waals surface area contributed by atoms with Gasteiger partial charge in [0, 0.05) is 6.04 Å². The minimum atomic E-state index is -0.922. The summed E-state index contributed by atoms with van der Waals surface area (Å²) < 4.78 is 5.32. The molecule has 98 valence electrons. The molecule has 1 unspecified atom stereocenters. The molecule has 1 amide bonds. The van der Waals surface area contributed by atoms with E-state index in [1.165, 1.54) is 0 Å². The first-order chi connectivity index (χ1) is 8.49. The van der Waals surface area contributed by atoms with Crippen molar-refractivity contribution < 1.29 is 9.53 Å². The molecular weight excluding hydrogens is 228 g/mol. The lowest BCUT2D eigenvalue weighted by atomic mass is 9.91. The highest BCUT2D eigenvalue weighted by atomic mass is 16.5. The Bertz CT molecular complexity index is 471. The van der Waals surface area contributed by atoms with Crippen molar-refractivity contribution in [2.24, 2.45) is 5.73 Å². The van der Waals surface area contributed by atoms with Crippen LogP contribution in [0.4, 0.5) is 0 Å². The smallest absolute Gasteiger partial charge is 0.244 e. The van der Waals surface area contributed by atoms with Crippen LogP contribution in [-0.4, -0.2) is 19.1 Å². The average Bonchev–Trinajstić information content (AvgIpc) is 2.68. The lowest BCUT2D eigenvalue weighted by Crippen LogP contribution is -2.51. The van der Waals surface area contributed by atoms with Gasteiger partial charge in [-0.3, -0.25) is 4.79 Å². The Labute approximate surface area is 108 Å². The molecule has 0 aliphatic heterocycles. The Kier molecular flexibility index (Phi) is 3.30. The summed E-state index contributed by atoms with van der Waals surface area (Å²) in [6, 6.07) is 5.80. The third-order valence-corrected chi connectivity index (χ3v) is 3.43. The van der Waals surface area contributed by atoms with Crippen LogP contribution in [0, 0.1) is 0 Å². The number of rotatable bonds is 3. The van der Waals surface area contributed by atoms with Gasteiger partial charge in [-0.05, 0) is 43.9 Å². The maximum absolute atomic E-state index is 12.3. The first kappa shape index (κ1) is 12.9. The molecule has 1 aliphatic rings. The van der Waals surface area contributed by atoms with Gasteiger partial charge in [-0.15, -0.1) is 0 Å². The topological polar surface area (TPSA) is 64.3 Å². The van der Waals surface area contributed by atoms with E-state index in [1.54, 1.807) is 7.11 Å². The predicted molar refractivity (Wildman–Crippen MR) is 70.5 cm³/mol. The van der Waals surface area contributed by atoms with Crippen LogP contribution in [0.5, 0.6) is 5.75 Å². The van der Waals surface area contributed by atoms with Gasteiger partial charge in [0.15, 0.2) is 0 Å². The van der Waals surface area contributed by atoms with Gasteiger partial charge in [-0.2, -0.15) is 0 Å². The molecule has 1 aromatic rings. The highest BCUT2D eigenvalue weighted by Crippen LogP contribution is 2.39. The van der Waals surface area contributed by atoms with Crippen molar-refractivity contribution in [1.29, 1.82) is 0 Å². The minimum Gasteiger partial charge on any atom is -0.496 e. The second kappa shape index (κ2) is 4.61. The number of hydrogen-bond donors (Lipinski definition) is 2. The molecule has 1 aromatic carbocycles. The fourth-order valence-electron chi connectivity index (χ4n) is 2.52. The Hall–Kier alpha value is -1.55. The molecule has 0 heterocycles. The molecule has 0 fully saturated rings. The number of hydrogen-bond acceptors (Lipinski definition) is 3. The average molecular weight is 248 g/mol. The summed E-state index contributed by atoms with van der Waals surface area (Å²) in [5.41, 5.74) is 7.34. The zero-order valence-electron chi connectivity index (χ0n) is 11.1. The molecule has 0 aromatic heterocycles. The highest BCUT2D eigenvalue weighted by molar-refractivity contribution is 5.89. The molecule has 0 spiro atoms. The van der Waals surface area contributed by atoms with Crippen LogP contribution in [0.25, 0.3) is 0 Å². The van der Waals surface area contributed by atoms with Crippen LogP contribution in [-0.2, 0) is 16.8 Å². The molecule has 0 radical (unpaired) electrons. The lowest BCUT2D eigenvalue weighted by molar-refractivity contribution is -0.127. The quantitative estimate of drug-likeness (QED) is 0.848. The largest absolute Gasteiger partial charge is 0.496 e. The number of methoxy groups -OCH3 is 1. The third-order valence-electron chi connectivity index (χ3n) is 3.43. The van der Waals surface area contributed by atoms with Crippen molar-refractivity contribution >= 4 is 5.91 Å². The van der Waals surface area contributed by atoms with E-state index in [4.69, 9.17) is 10.5 Å². The molecule has 0 saturated heterocycles. The van der Waals surface area contributed by atoms with E-state index in [2.05, 4.69) is 5.32 Å². The molecule has 3 N–H and O–H groups in total. The van der Waals surface area contributed by atoms with Gasteiger partial charge < -0.3 is 15.8 Å².